The topological polar surface area (TPSA) is 214 Å². The van der Waals surface area contributed by atoms with Gasteiger partial charge in [-0.15, -0.1) is 0 Å². The molecule has 0 aliphatic carbocycles. The lowest BCUT2D eigenvalue weighted by Crippen LogP contribution is -2.26. The lowest BCUT2D eigenvalue weighted by Gasteiger charge is -2.21. The van der Waals surface area contributed by atoms with Crippen molar-refractivity contribution < 1.29 is 46.9 Å². The Labute approximate surface area is 361 Å². The van der Waals surface area contributed by atoms with E-state index in [1.54, 1.807) is 48.5 Å². The Morgan fingerprint density at radius 2 is 0.833 bits per heavy atom. The van der Waals surface area contributed by atoms with Gasteiger partial charge >= 0.3 is 11.9 Å². The average molecular weight is 885 g/mol. The highest BCUT2D eigenvalue weighted by Gasteiger charge is 2.12. The first-order chi connectivity index (χ1) is 28.3. The first-order valence-electron chi connectivity index (χ1n) is 21.4. The number of nitrogens with one attached hydrogen (secondary N) is 2. The zero-order valence-electron chi connectivity index (χ0n) is 37.0. The first kappa shape index (κ1) is 56.5. The van der Waals surface area contributed by atoms with Crippen molar-refractivity contribution in [2.45, 2.75) is 130 Å². The molecule has 16 heteroatoms. The fourth-order valence-corrected chi connectivity index (χ4v) is 7.33. The van der Waals surface area contributed by atoms with Gasteiger partial charge in [-0.05, 0) is 113 Å². The molecule has 14 nitrogen and oxygen atoms in total. The molecule has 0 spiro atoms. The number of rotatable bonds is 30. The lowest BCUT2D eigenvalue weighted by molar-refractivity contribution is -0.134. The van der Waals surface area contributed by atoms with E-state index in [0.29, 0.717) is 36.4 Å². The van der Waals surface area contributed by atoms with E-state index in [9.17, 15) is 36.6 Å². The molecule has 0 saturated heterocycles. The van der Waals surface area contributed by atoms with Crippen molar-refractivity contribution in [2.75, 3.05) is 61.2 Å². The van der Waals surface area contributed by atoms with Crippen LogP contribution in [-0.4, -0.2) is 111 Å². The van der Waals surface area contributed by atoms with Crippen molar-refractivity contribution in [3.63, 3.8) is 0 Å². The highest BCUT2D eigenvalue weighted by molar-refractivity contribution is 7.92. The van der Waals surface area contributed by atoms with Crippen LogP contribution in [0.2, 0.25) is 0 Å². The van der Waals surface area contributed by atoms with E-state index in [1.807, 2.05) is 0 Å². The minimum absolute atomic E-state index is 0.509. The molecule has 2 unspecified atom stereocenters. The zero-order chi connectivity index (χ0) is 45.4. The average Bonchev–Trinajstić information content (AvgIpc) is 3.18. The SMILES string of the molecule is CCCCCCCN(CC)CCCC(O)c1ccc(NS(C)(=O)=O)cc1.CCCCCCCN(CC)CCCC(O)c1ccc(NS(C)(=O)=O)cc1.O=C(O)C=CC(=O)O. The van der Waals surface area contributed by atoms with Crippen molar-refractivity contribution in [1.82, 2.24) is 9.80 Å². The largest absolute Gasteiger partial charge is 0.478 e. The number of carbonyl (C=O) groups is 2. The van der Waals surface area contributed by atoms with Gasteiger partial charge in [-0.25, -0.2) is 26.4 Å². The molecule has 0 fully saturated rings. The summed E-state index contributed by atoms with van der Waals surface area (Å²) in [6.07, 6.45) is 18.7. The van der Waals surface area contributed by atoms with Crippen molar-refractivity contribution in [2.24, 2.45) is 0 Å². The second-order valence-corrected chi connectivity index (χ2v) is 18.5. The minimum Gasteiger partial charge on any atom is -0.478 e. The number of benzene rings is 2. The molecule has 6 N–H and O–H groups in total. The Morgan fingerprint density at radius 3 is 1.10 bits per heavy atom. The Bertz CT molecular complexity index is 1550. The van der Waals surface area contributed by atoms with Crippen LogP contribution in [0.5, 0.6) is 0 Å². The number of nitrogens with zero attached hydrogens (tertiary/aromatic N) is 2. The van der Waals surface area contributed by atoms with E-state index in [-0.39, 0.29) is 0 Å². The molecular formula is C44H76N4O10S2. The molecule has 2 aromatic carbocycles. The molecular weight excluding hydrogens is 809 g/mol. The van der Waals surface area contributed by atoms with Crippen LogP contribution in [0.25, 0.3) is 0 Å². The number of hydrogen-bond acceptors (Lipinski definition) is 10. The van der Waals surface area contributed by atoms with Crippen LogP contribution in [0.1, 0.15) is 141 Å². The third-order valence-electron chi connectivity index (χ3n) is 9.52. The zero-order valence-corrected chi connectivity index (χ0v) is 38.7. The maximum atomic E-state index is 11.2. The molecule has 2 aromatic rings. The predicted molar refractivity (Wildman–Crippen MR) is 244 cm³/mol. The number of unbranched alkanes of at least 4 members (excludes halogenated alkanes) is 8. The van der Waals surface area contributed by atoms with Crippen LogP contribution >= 0.6 is 0 Å². The molecule has 0 radical (unpaired) electrons. The Balaban J connectivity index is 0.000000982. The third kappa shape index (κ3) is 32.3. The van der Waals surface area contributed by atoms with Crippen LogP contribution in [0.15, 0.2) is 60.7 Å². The number of hydrogen-bond donors (Lipinski definition) is 6. The highest BCUT2D eigenvalue weighted by atomic mass is 32.2. The lowest BCUT2D eigenvalue weighted by atomic mass is 10.0. The summed E-state index contributed by atoms with van der Waals surface area (Å²) in [5.41, 5.74) is 2.69. The highest BCUT2D eigenvalue weighted by Crippen LogP contribution is 2.22. The van der Waals surface area contributed by atoms with E-state index < -0.39 is 44.2 Å². The smallest absolute Gasteiger partial charge is 0.328 e. The molecule has 0 bridgehead atoms. The van der Waals surface area contributed by atoms with E-state index >= 15 is 0 Å². The van der Waals surface area contributed by atoms with Gasteiger partial charge < -0.3 is 30.2 Å². The molecule has 2 atom stereocenters. The molecule has 0 aliphatic rings. The van der Waals surface area contributed by atoms with E-state index in [2.05, 4.69) is 46.9 Å². The number of aliphatic carboxylic acids is 2. The monoisotopic (exact) mass is 885 g/mol. The van der Waals surface area contributed by atoms with Crippen LogP contribution < -0.4 is 9.44 Å². The molecule has 0 aromatic heterocycles. The summed E-state index contributed by atoms with van der Waals surface area (Å²) in [5.74, 6) is -2.51. The van der Waals surface area contributed by atoms with Gasteiger partial charge in [-0.3, -0.25) is 9.44 Å². The maximum absolute atomic E-state index is 11.2. The molecule has 0 aliphatic heterocycles. The van der Waals surface area contributed by atoms with Gasteiger partial charge in [-0.2, -0.15) is 0 Å². The Kier molecular flexibility index (Phi) is 31.2. The summed E-state index contributed by atoms with van der Waals surface area (Å²) in [7, 11) is -6.54. The number of aliphatic hydroxyl groups is 2. The van der Waals surface area contributed by atoms with Crippen LogP contribution in [0.3, 0.4) is 0 Å². The fourth-order valence-electron chi connectivity index (χ4n) is 6.20. The molecule has 2 rings (SSSR count). The number of carboxylic acid groups (broad SMARTS) is 2. The van der Waals surface area contributed by atoms with Gasteiger partial charge in [0.1, 0.15) is 0 Å². The maximum Gasteiger partial charge on any atom is 0.328 e. The molecule has 60 heavy (non-hydrogen) atoms. The normalized spacial score (nSPS) is 12.6. The first-order valence-corrected chi connectivity index (χ1v) is 25.2. The Hall–Kier alpha value is -3.54. The van der Waals surface area contributed by atoms with Crippen LogP contribution in [-0.2, 0) is 29.6 Å². The van der Waals surface area contributed by atoms with Gasteiger partial charge in [-0.1, -0.05) is 103 Å². The van der Waals surface area contributed by atoms with Gasteiger partial charge in [0.2, 0.25) is 20.0 Å². The van der Waals surface area contributed by atoms with Gasteiger partial charge in [0, 0.05) is 23.5 Å². The van der Waals surface area contributed by atoms with E-state index in [1.165, 1.54) is 64.2 Å². The summed E-state index contributed by atoms with van der Waals surface area (Å²) < 4.78 is 49.7. The van der Waals surface area contributed by atoms with Crippen LogP contribution in [0, 0.1) is 0 Å². The second kappa shape index (κ2) is 33.1. The van der Waals surface area contributed by atoms with Crippen molar-refractivity contribution in [3.05, 3.63) is 71.8 Å². The predicted octanol–water partition coefficient (Wildman–Crippen LogP) is 8.04. The number of carboxylic acids is 2. The fraction of sp³-hybridized carbons (Fsp3) is 0.636. The number of sulfonamides is 2. The van der Waals surface area contributed by atoms with Crippen molar-refractivity contribution in [1.29, 1.82) is 0 Å². The van der Waals surface area contributed by atoms with E-state index in [0.717, 1.165) is 75.7 Å². The van der Waals surface area contributed by atoms with Gasteiger partial charge in [0.25, 0.3) is 0 Å². The molecule has 0 heterocycles. The number of anilines is 2. The summed E-state index contributed by atoms with van der Waals surface area (Å²) in [6, 6.07) is 13.9. The van der Waals surface area contributed by atoms with Crippen LogP contribution in [0.4, 0.5) is 11.4 Å². The Morgan fingerprint density at radius 1 is 0.533 bits per heavy atom. The molecule has 0 saturated carbocycles. The summed E-state index contributed by atoms with van der Waals surface area (Å²) in [4.78, 5) is 24.0. The van der Waals surface area contributed by atoms with Crippen molar-refractivity contribution >= 4 is 43.4 Å². The summed E-state index contributed by atoms with van der Waals surface area (Å²) in [5, 5.41) is 36.3. The summed E-state index contributed by atoms with van der Waals surface area (Å²) in [6.45, 7) is 15.3. The molecule has 344 valence electrons. The quantitative estimate of drug-likeness (QED) is 0.0325. The summed E-state index contributed by atoms with van der Waals surface area (Å²) >= 11 is 0. The van der Waals surface area contributed by atoms with Gasteiger partial charge in [0.05, 0.1) is 24.7 Å². The minimum atomic E-state index is -3.27. The van der Waals surface area contributed by atoms with E-state index in [4.69, 9.17) is 10.2 Å². The standard InChI is InChI=1S/2C20H36N2O3S.C4H4O4/c2*1-4-6-7-8-9-16-22(5-2)17-10-11-20(23)18-12-14-19(15-13-18)21-26(3,24)25;5-3(6)1-2-4(7)8/h2*12-15,20-21,23H,4-11,16-17H2,1-3H3;1-2H,(H,5,6)(H,7,8). The second-order valence-electron chi connectivity index (χ2n) is 15.0. The third-order valence-corrected chi connectivity index (χ3v) is 10.7. The van der Waals surface area contributed by atoms with Gasteiger partial charge in [0.15, 0.2) is 0 Å². The van der Waals surface area contributed by atoms with Crippen molar-refractivity contribution in [3.8, 4) is 0 Å². The molecule has 0 amide bonds. The number of aliphatic hydroxyl groups excluding tert-OH is 2.